The molecule has 0 aliphatic carbocycles. The average molecular weight is 250 g/mol. The molecule has 1 N–H and O–H groups in total. The van der Waals surface area contributed by atoms with E-state index in [4.69, 9.17) is 4.74 Å². The Morgan fingerprint density at radius 1 is 1.39 bits per heavy atom. The second-order valence-electron chi connectivity index (χ2n) is 4.65. The Bertz CT molecular complexity index is 386. The summed E-state index contributed by atoms with van der Waals surface area (Å²) in [5.41, 5.74) is 1.10. The highest BCUT2D eigenvalue weighted by atomic mass is 16.6. The molecule has 1 unspecified atom stereocenters. The number of nitro groups is 1. The number of non-ortho nitro benzene ring substituents is 1. The summed E-state index contributed by atoms with van der Waals surface area (Å²) in [6.45, 7) is 3.41. The molecule has 1 heterocycles. The molecule has 5 heteroatoms. The number of ether oxygens (including phenoxy) is 1. The van der Waals surface area contributed by atoms with Crippen LogP contribution in [0.3, 0.4) is 0 Å². The molecule has 1 fully saturated rings. The van der Waals surface area contributed by atoms with Gasteiger partial charge < -0.3 is 10.1 Å². The summed E-state index contributed by atoms with van der Waals surface area (Å²) in [5.74, 6) is 0.594. The number of hydrogen-bond acceptors (Lipinski definition) is 4. The van der Waals surface area contributed by atoms with E-state index in [-0.39, 0.29) is 5.69 Å². The fourth-order valence-electron chi connectivity index (χ4n) is 2.12. The highest BCUT2D eigenvalue weighted by Gasteiger charge is 2.12. The van der Waals surface area contributed by atoms with Crippen molar-refractivity contribution in [2.24, 2.45) is 5.92 Å². The molecule has 18 heavy (non-hydrogen) atoms. The summed E-state index contributed by atoms with van der Waals surface area (Å²) < 4.78 is 5.65. The van der Waals surface area contributed by atoms with E-state index in [1.807, 2.05) is 0 Å². The van der Waals surface area contributed by atoms with Gasteiger partial charge in [0.15, 0.2) is 0 Å². The SMILES string of the molecule is O=[N+]([O-])c1ccc(COCC2CCCNC2)cc1. The maximum atomic E-state index is 10.5. The van der Waals surface area contributed by atoms with Crippen molar-refractivity contribution in [3.05, 3.63) is 39.9 Å². The molecule has 0 bridgehead atoms. The van der Waals surface area contributed by atoms with Crippen molar-refractivity contribution < 1.29 is 9.66 Å². The van der Waals surface area contributed by atoms with Crippen LogP contribution in [0.1, 0.15) is 18.4 Å². The molecule has 0 saturated carbocycles. The molecule has 5 nitrogen and oxygen atoms in total. The minimum absolute atomic E-state index is 0.121. The normalized spacial score (nSPS) is 19.7. The van der Waals surface area contributed by atoms with E-state index < -0.39 is 4.92 Å². The van der Waals surface area contributed by atoms with Crippen LogP contribution >= 0.6 is 0 Å². The van der Waals surface area contributed by atoms with Crippen molar-refractivity contribution >= 4 is 5.69 Å². The molecular weight excluding hydrogens is 232 g/mol. The van der Waals surface area contributed by atoms with Gasteiger partial charge in [0, 0.05) is 18.7 Å². The van der Waals surface area contributed by atoms with E-state index in [1.54, 1.807) is 12.1 Å². The van der Waals surface area contributed by atoms with Gasteiger partial charge in [0.1, 0.15) is 0 Å². The van der Waals surface area contributed by atoms with Gasteiger partial charge in [-0.25, -0.2) is 0 Å². The minimum Gasteiger partial charge on any atom is -0.376 e. The minimum atomic E-state index is -0.391. The maximum absolute atomic E-state index is 10.5. The first-order valence-electron chi connectivity index (χ1n) is 6.27. The number of piperidine rings is 1. The fraction of sp³-hybridized carbons (Fsp3) is 0.538. The van der Waals surface area contributed by atoms with Gasteiger partial charge in [-0.2, -0.15) is 0 Å². The first-order chi connectivity index (χ1) is 8.75. The van der Waals surface area contributed by atoms with E-state index in [0.717, 1.165) is 25.3 Å². The van der Waals surface area contributed by atoms with Gasteiger partial charge in [-0.05, 0) is 43.0 Å². The van der Waals surface area contributed by atoms with E-state index in [2.05, 4.69) is 5.32 Å². The number of nitro benzene ring substituents is 1. The van der Waals surface area contributed by atoms with Gasteiger partial charge in [0.25, 0.3) is 5.69 Å². The van der Waals surface area contributed by atoms with E-state index in [9.17, 15) is 10.1 Å². The van der Waals surface area contributed by atoms with Gasteiger partial charge in [-0.15, -0.1) is 0 Å². The summed E-state index contributed by atoms with van der Waals surface area (Å²) in [6, 6.07) is 6.52. The molecule has 1 aromatic rings. The van der Waals surface area contributed by atoms with Crippen LogP contribution in [0.25, 0.3) is 0 Å². The predicted molar refractivity (Wildman–Crippen MR) is 68.3 cm³/mol. The van der Waals surface area contributed by atoms with Crippen LogP contribution in [0, 0.1) is 16.0 Å². The highest BCUT2D eigenvalue weighted by Crippen LogP contribution is 2.14. The van der Waals surface area contributed by atoms with Gasteiger partial charge >= 0.3 is 0 Å². The van der Waals surface area contributed by atoms with Crippen LogP contribution in [0.15, 0.2) is 24.3 Å². The second-order valence-corrected chi connectivity index (χ2v) is 4.65. The Morgan fingerprint density at radius 2 is 2.17 bits per heavy atom. The van der Waals surface area contributed by atoms with Crippen molar-refractivity contribution in [1.29, 1.82) is 0 Å². The summed E-state index contributed by atoms with van der Waals surface area (Å²) in [6.07, 6.45) is 2.43. The van der Waals surface area contributed by atoms with Gasteiger partial charge in [0.2, 0.25) is 0 Å². The molecule has 0 aromatic heterocycles. The number of rotatable bonds is 5. The lowest BCUT2D eigenvalue weighted by Crippen LogP contribution is -2.32. The Balaban J connectivity index is 1.74. The zero-order valence-corrected chi connectivity index (χ0v) is 10.3. The lowest BCUT2D eigenvalue weighted by atomic mass is 10.0. The zero-order chi connectivity index (χ0) is 12.8. The van der Waals surface area contributed by atoms with Gasteiger partial charge in [-0.1, -0.05) is 0 Å². The Kier molecular flexibility index (Phi) is 4.66. The van der Waals surface area contributed by atoms with Crippen molar-refractivity contribution in [3.63, 3.8) is 0 Å². The average Bonchev–Trinajstić information content (AvgIpc) is 2.40. The molecule has 1 aliphatic heterocycles. The number of hydrogen-bond donors (Lipinski definition) is 1. The Hall–Kier alpha value is -1.46. The summed E-state index contributed by atoms with van der Waals surface area (Å²) in [4.78, 5) is 10.1. The van der Waals surface area contributed by atoms with Crippen LogP contribution in [0.2, 0.25) is 0 Å². The molecule has 0 spiro atoms. The van der Waals surface area contributed by atoms with Gasteiger partial charge in [0.05, 0.1) is 18.1 Å². The molecule has 1 aromatic carbocycles. The van der Waals surface area contributed by atoms with Crippen molar-refractivity contribution in [2.75, 3.05) is 19.7 Å². The zero-order valence-electron chi connectivity index (χ0n) is 10.3. The van der Waals surface area contributed by atoms with E-state index in [1.165, 1.54) is 25.0 Å². The molecule has 1 atom stereocenters. The third-order valence-electron chi connectivity index (χ3n) is 3.17. The summed E-state index contributed by atoms with van der Waals surface area (Å²) in [5, 5.41) is 13.8. The number of nitrogens with zero attached hydrogens (tertiary/aromatic N) is 1. The van der Waals surface area contributed by atoms with Crippen molar-refractivity contribution in [1.82, 2.24) is 5.32 Å². The van der Waals surface area contributed by atoms with E-state index in [0.29, 0.717) is 12.5 Å². The third-order valence-corrected chi connectivity index (χ3v) is 3.17. The van der Waals surface area contributed by atoms with E-state index >= 15 is 0 Å². The Labute approximate surface area is 106 Å². The van der Waals surface area contributed by atoms with Crippen LogP contribution in [-0.4, -0.2) is 24.6 Å². The first kappa shape index (κ1) is 13.0. The summed E-state index contributed by atoms with van der Waals surface area (Å²) >= 11 is 0. The lowest BCUT2D eigenvalue weighted by Gasteiger charge is -2.22. The van der Waals surface area contributed by atoms with Crippen molar-refractivity contribution in [2.45, 2.75) is 19.4 Å². The molecule has 1 saturated heterocycles. The van der Waals surface area contributed by atoms with Gasteiger partial charge in [-0.3, -0.25) is 10.1 Å². The molecule has 0 radical (unpaired) electrons. The van der Waals surface area contributed by atoms with Crippen LogP contribution in [-0.2, 0) is 11.3 Å². The smallest absolute Gasteiger partial charge is 0.269 e. The highest BCUT2D eigenvalue weighted by molar-refractivity contribution is 5.32. The van der Waals surface area contributed by atoms with Crippen molar-refractivity contribution in [3.8, 4) is 0 Å². The lowest BCUT2D eigenvalue weighted by molar-refractivity contribution is -0.384. The standard InChI is InChI=1S/C13H18N2O3/c16-15(17)13-5-3-11(4-6-13)9-18-10-12-2-1-7-14-8-12/h3-6,12,14H,1-2,7-10H2. The largest absolute Gasteiger partial charge is 0.376 e. The summed E-state index contributed by atoms with van der Waals surface area (Å²) in [7, 11) is 0. The van der Waals surface area contributed by atoms with Crippen LogP contribution in [0.4, 0.5) is 5.69 Å². The molecule has 98 valence electrons. The topological polar surface area (TPSA) is 64.4 Å². The first-order valence-corrected chi connectivity index (χ1v) is 6.27. The van der Waals surface area contributed by atoms with Crippen LogP contribution in [0.5, 0.6) is 0 Å². The third kappa shape index (κ3) is 3.78. The maximum Gasteiger partial charge on any atom is 0.269 e. The molecular formula is C13H18N2O3. The number of nitrogens with one attached hydrogen (secondary N) is 1. The predicted octanol–water partition coefficient (Wildman–Crippen LogP) is 2.11. The Morgan fingerprint density at radius 3 is 2.78 bits per heavy atom. The second kappa shape index (κ2) is 6.47. The fourth-order valence-corrected chi connectivity index (χ4v) is 2.12. The number of benzene rings is 1. The monoisotopic (exact) mass is 250 g/mol. The molecule has 1 aliphatic rings. The quantitative estimate of drug-likeness (QED) is 0.642. The molecule has 2 rings (SSSR count). The van der Waals surface area contributed by atoms with Crippen LogP contribution < -0.4 is 5.32 Å². The molecule has 0 amide bonds.